The zero-order valence-corrected chi connectivity index (χ0v) is 19.1. The molecule has 0 saturated carbocycles. The monoisotopic (exact) mass is 466 g/mol. The molecule has 0 bridgehead atoms. The minimum absolute atomic E-state index is 0.0617. The first kappa shape index (κ1) is 23.9. The Morgan fingerprint density at radius 2 is 1.40 bits per heavy atom. The summed E-state index contributed by atoms with van der Waals surface area (Å²) in [5.74, 6) is -2.06. The molecular weight excluding hydrogens is 440 g/mol. The molecule has 6 nitrogen and oxygen atoms in total. The van der Waals surface area contributed by atoms with Crippen LogP contribution in [-0.2, 0) is 16.1 Å². The molecule has 0 fully saturated rings. The fourth-order valence-electron chi connectivity index (χ4n) is 3.97. The number of imide groups is 1. The Kier molecular flexibility index (Phi) is 7.65. The van der Waals surface area contributed by atoms with E-state index in [4.69, 9.17) is 0 Å². The maximum Gasteiger partial charge on any atom is 0.320 e. The van der Waals surface area contributed by atoms with Crippen molar-refractivity contribution in [2.45, 2.75) is 25.4 Å². The van der Waals surface area contributed by atoms with Crippen molar-refractivity contribution in [1.82, 2.24) is 10.6 Å². The Morgan fingerprint density at radius 1 is 0.743 bits per heavy atom. The average Bonchev–Trinajstić information content (AvgIpc) is 2.89. The first-order chi connectivity index (χ1) is 17.0. The molecule has 0 aromatic heterocycles. The highest BCUT2D eigenvalue weighted by atomic mass is 16.4. The Balaban J connectivity index is 1.30. The van der Waals surface area contributed by atoms with Crippen molar-refractivity contribution in [3.63, 3.8) is 0 Å². The zero-order chi connectivity index (χ0) is 24.6. The van der Waals surface area contributed by atoms with E-state index in [9.17, 15) is 19.5 Å². The largest absolute Gasteiger partial charge is 0.480 e. The Bertz CT molecular complexity index is 1330. The lowest BCUT2D eigenvalue weighted by molar-refractivity contribution is -0.139. The van der Waals surface area contributed by atoms with Gasteiger partial charge in [0.05, 0.1) is 0 Å². The van der Waals surface area contributed by atoms with Gasteiger partial charge in [-0.3, -0.25) is 19.7 Å². The van der Waals surface area contributed by atoms with Gasteiger partial charge in [0.25, 0.3) is 5.91 Å². The number of carboxylic acids is 1. The fourth-order valence-corrected chi connectivity index (χ4v) is 3.97. The summed E-state index contributed by atoms with van der Waals surface area (Å²) in [6.45, 7) is 0.354. The molecule has 0 aliphatic rings. The van der Waals surface area contributed by atoms with E-state index in [1.807, 2.05) is 84.9 Å². The molecule has 2 amide bonds. The smallest absolute Gasteiger partial charge is 0.320 e. The highest BCUT2D eigenvalue weighted by Crippen LogP contribution is 2.20. The predicted octanol–water partition coefficient (Wildman–Crippen LogP) is 4.79. The zero-order valence-electron chi connectivity index (χ0n) is 19.1. The third-order valence-corrected chi connectivity index (χ3v) is 5.88. The van der Waals surface area contributed by atoms with Gasteiger partial charge in [0.1, 0.15) is 6.04 Å². The summed E-state index contributed by atoms with van der Waals surface area (Å²) in [5.41, 5.74) is 3.34. The quantitative estimate of drug-likeness (QED) is 0.330. The third-order valence-electron chi connectivity index (χ3n) is 5.88. The van der Waals surface area contributed by atoms with Crippen LogP contribution in [0.4, 0.5) is 0 Å². The van der Waals surface area contributed by atoms with Crippen molar-refractivity contribution in [1.29, 1.82) is 0 Å². The van der Waals surface area contributed by atoms with Crippen molar-refractivity contribution in [2.24, 2.45) is 0 Å². The molecular formula is C29H26N2O4. The van der Waals surface area contributed by atoms with E-state index < -0.39 is 23.8 Å². The van der Waals surface area contributed by atoms with E-state index in [2.05, 4.69) is 10.6 Å². The van der Waals surface area contributed by atoms with Crippen molar-refractivity contribution in [2.75, 3.05) is 0 Å². The highest BCUT2D eigenvalue weighted by molar-refractivity contribution is 6.05. The molecule has 0 radical (unpaired) electrons. The van der Waals surface area contributed by atoms with Gasteiger partial charge < -0.3 is 10.4 Å². The normalized spacial score (nSPS) is 11.7. The Hall–Kier alpha value is -4.29. The van der Waals surface area contributed by atoms with Gasteiger partial charge in [-0.2, -0.15) is 0 Å². The van der Waals surface area contributed by atoms with Crippen LogP contribution in [0.25, 0.3) is 21.9 Å². The molecule has 3 N–H and O–H groups in total. The lowest BCUT2D eigenvalue weighted by atomic mass is 10.0. The number of rotatable bonds is 9. The Labute approximate surface area is 203 Å². The Morgan fingerprint density at radius 3 is 2.14 bits per heavy atom. The summed E-state index contributed by atoms with van der Waals surface area (Å²) in [6.07, 6.45) is -0.0283. The van der Waals surface area contributed by atoms with Crippen molar-refractivity contribution >= 4 is 28.6 Å². The summed E-state index contributed by atoms with van der Waals surface area (Å²) in [5, 5.41) is 17.1. The molecule has 0 unspecified atom stereocenters. The summed E-state index contributed by atoms with van der Waals surface area (Å²) in [7, 11) is 0. The van der Waals surface area contributed by atoms with Crippen LogP contribution in [0.15, 0.2) is 97.1 Å². The van der Waals surface area contributed by atoms with E-state index in [1.165, 1.54) is 0 Å². The highest BCUT2D eigenvalue weighted by Gasteiger charge is 2.19. The molecule has 35 heavy (non-hydrogen) atoms. The number of carbonyl (C=O) groups excluding carboxylic acids is 2. The molecule has 0 aliphatic heterocycles. The predicted molar refractivity (Wildman–Crippen MR) is 136 cm³/mol. The van der Waals surface area contributed by atoms with Crippen molar-refractivity contribution in [3.05, 3.63) is 108 Å². The summed E-state index contributed by atoms with van der Waals surface area (Å²) in [6, 6.07) is 29.6. The van der Waals surface area contributed by atoms with E-state index in [0.717, 1.165) is 27.5 Å². The average molecular weight is 467 g/mol. The second kappa shape index (κ2) is 11.2. The van der Waals surface area contributed by atoms with E-state index in [1.54, 1.807) is 12.1 Å². The minimum Gasteiger partial charge on any atom is -0.480 e. The topological polar surface area (TPSA) is 95.5 Å². The number of fused-ring (bicyclic) bond motifs is 1. The van der Waals surface area contributed by atoms with Crippen LogP contribution >= 0.6 is 0 Å². The first-order valence-electron chi connectivity index (χ1n) is 11.4. The van der Waals surface area contributed by atoms with Crippen LogP contribution < -0.4 is 10.6 Å². The van der Waals surface area contributed by atoms with Gasteiger partial charge in [0.15, 0.2) is 0 Å². The number of benzene rings is 4. The van der Waals surface area contributed by atoms with Crippen LogP contribution in [0.1, 0.15) is 28.8 Å². The number of nitrogens with one attached hydrogen (secondary N) is 2. The molecule has 4 aromatic rings. The fraction of sp³-hybridized carbons (Fsp3) is 0.138. The van der Waals surface area contributed by atoms with Gasteiger partial charge in [-0.05, 0) is 46.0 Å². The number of hydrogen-bond acceptors (Lipinski definition) is 4. The van der Waals surface area contributed by atoms with Gasteiger partial charge in [-0.25, -0.2) is 0 Å². The number of carbonyl (C=O) groups is 3. The third kappa shape index (κ3) is 6.19. The number of aliphatic carboxylic acids is 1. The second-order valence-corrected chi connectivity index (χ2v) is 8.27. The summed E-state index contributed by atoms with van der Waals surface area (Å²) in [4.78, 5) is 36.5. The molecule has 4 rings (SSSR count). The van der Waals surface area contributed by atoms with Crippen molar-refractivity contribution in [3.8, 4) is 11.1 Å². The molecule has 176 valence electrons. The molecule has 0 saturated heterocycles. The van der Waals surface area contributed by atoms with Crippen molar-refractivity contribution < 1.29 is 19.5 Å². The van der Waals surface area contributed by atoms with Crippen LogP contribution in [0.3, 0.4) is 0 Å². The maximum absolute atomic E-state index is 12.5. The van der Waals surface area contributed by atoms with Gasteiger partial charge in [-0.15, -0.1) is 0 Å². The summed E-state index contributed by atoms with van der Waals surface area (Å²) >= 11 is 0. The van der Waals surface area contributed by atoms with Crippen LogP contribution in [-0.4, -0.2) is 28.9 Å². The maximum atomic E-state index is 12.5. The van der Waals surface area contributed by atoms with Crippen LogP contribution in [0.2, 0.25) is 0 Å². The number of hydrogen-bond donors (Lipinski definition) is 3. The van der Waals surface area contributed by atoms with Gasteiger partial charge >= 0.3 is 5.97 Å². The SMILES string of the molecule is O=C(CC[C@H](NCc1cccc2ccccc12)C(=O)O)NC(=O)c1ccc(-c2ccccc2)cc1. The first-order valence-corrected chi connectivity index (χ1v) is 11.4. The molecule has 0 heterocycles. The molecule has 6 heteroatoms. The van der Waals surface area contributed by atoms with E-state index in [0.29, 0.717) is 12.1 Å². The molecule has 4 aromatic carbocycles. The van der Waals surface area contributed by atoms with E-state index >= 15 is 0 Å². The lowest BCUT2D eigenvalue weighted by Crippen LogP contribution is -2.38. The van der Waals surface area contributed by atoms with Crippen LogP contribution in [0, 0.1) is 0 Å². The van der Waals surface area contributed by atoms with Gasteiger partial charge in [0.2, 0.25) is 5.91 Å². The molecule has 0 aliphatic carbocycles. The van der Waals surface area contributed by atoms with E-state index in [-0.39, 0.29) is 12.8 Å². The molecule has 0 spiro atoms. The summed E-state index contributed by atoms with van der Waals surface area (Å²) < 4.78 is 0. The number of carboxylic acid groups (broad SMARTS) is 1. The number of amides is 2. The van der Waals surface area contributed by atoms with Crippen LogP contribution in [0.5, 0.6) is 0 Å². The minimum atomic E-state index is -1.04. The van der Waals surface area contributed by atoms with Gasteiger partial charge in [0, 0.05) is 18.5 Å². The standard InChI is InChI=1S/C29H26N2O4/c32-27(31-28(33)23-15-13-21(14-16-23)20-7-2-1-3-8-20)18-17-26(29(34)35)30-19-24-11-6-10-22-9-4-5-12-25(22)24/h1-16,26,30H,17-19H2,(H,34,35)(H,31,32,33)/t26-/m0/s1. The lowest BCUT2D eigenvalue weighted by Gasteiger charge is -2.15. The van der Waals surface area contributed by atoms with Gasteiger partial charge in [-0.1, -0.05) is 84.9 Å². The second-order valence-electron chi connectivity index (χ2n) is 8.27. The molecule has 1 atom stereocenters.